The van der Waals surface area contributed by atoms with Crippen molar-refractivity contribution in [2.75, 3.05) is 0 Å². The van der Waals surface area contributed by atoms with Crippen molar-refractivity contribution in [3.05, 3.63) is 51.6 Å². The van der Waals surface area contributed by atoms with E-state index in [4.69, 9.17) is 0 Å². The zero-order valence-electron chi connectivity index (χ0n) is 10.2. The Labute approximate surface area is 127 Å². The number of rotatable bonds is 4. The van der Waals surface area contributed by atoms with Crippen LogP contribution < -0.4 is 4.74 Å². The number of hydrogen-bond acceptors (Lipinski definition) is 3. The van der Waals surface area contributed by atoms with Crippen LogP contribution in [0.4, 0.5) is 13.2 Å². The fraction of sp³-hybridized carbons (Fsp3) is 0.231. The van der Waals surface area contributed by atoms with Crippen molar-refractivity contribution in [3.8, 4) is 5.75 Å². The second-order valence-corrected chi connectivity index (χ2v) is 5.26. The predicted octanol–water partition coefficient (Wildman–Crippen LogP) is 3.77. The highest BCUT2D eigenvalue weighted by atomic mass is 127. The molecule has 20 heavy (non-hydrogen) atoms. The molecule has 2 rings (SSSR count). The first-order chi connectivity index (χ1) is 9.42. The van der Waals surface area contributed by atoms with Crippen LogP contribution in [0.25, 0.3) is 0 Å². The monoisotopic (exact) mass is 394 g/mol. The molecular formula is C13H10F3IN2O. The van der Waals surface area contributed by atoms with Gasteiger partial charge in [0.2, 0.25) is 0 Å². The molecule has 7 heteroatoms. The van der Waals surface area contributed by atoms with Crippen molar-refractivity contribution in [1.82, 2.24) is 9.97 Å². The van der Waals surface area contributed by atoms with Crippen molar-refractivity contribution in [3.63, 3.8) is 0 Å². The molecule has 3 nitrogen and oxygen atoms in total. The molecule has 0 bridgehead atoms. The second kappa shape index (κ2) is 6.38. The first kappa shape index (κ1) is 15.0. The molecular weight excluding hydrogens is 384 g/mol. The molecule has 1 aromatic carbocycles. The number of nitrogens with zero attached hydrogens (tertiary/aromatic N) is 2. The van der Waals surface area contributed by atoms with Crippen LogP contribution >= 0.6 is 22.6 Å². The molecule has 0 saturated heterocycles. The molecule has 0 spiro atoms. The van der Waals surface area contributed by atoms with Gasteiger partial charge in [0, 0.05) is 22.4 Å². The Balaban J connectivity index is 1.99. The van der Waals surface area contributed by atoms with Gasteiger partial charge < -0.3 is 4.74 Å². The highest BCUT2D eigenvalue weighted by Crippen LogP contribution is 2.23. The lowest BCUT2D eigenvalue weighted by Gasteiger charge is -2.09. The number of halogens is 4. The average Bonchev–Trinajstić information content (AvgIpc) is 2.36. The number of alkyl halides is 3. The molecule has 0 N–H and O–H groups in total. The standard InChI is InChI=1S/C13H10F3IN2O/c14-13(15,16)20-11-3-1-2-9(6-11)4-5-12-18-7-10(17)8-19-12/h1-3,6-8H,4-5H2. The highest BCUT2D eigenvalue weighted by Gasteiger charge is 2.31. The van der Waals surface area contributed by atoms with Crippen LogP contribution in [0.1, 0.15) is 11.4 Å². The minimum Gasteiger partial charge on any atom is -0.406 e. The van der Waals surface area contributed by atoms with Gasteiger partial charge in [0.15, 0.2) is 0 Å². The van der Waals surface area contributed by atoms with Gasteiger partial charge in [-0.1, -0.05) is 12.1 Å². The van der Waals surface area contributed by atoms with Crippen molar-refractivity contribution < 1.29 is 17.9 Å². The van der Waals surface area contributed by atoms with Crippen LogP contribution in [-0.2, 0) is 12.8 Å². The molecule has 0 fully saturated rings. The first-order valence-corrected chi connectivity index (χ1v) is 6.81. The fourth-order valence-electron chi connectivity index (χ4n) is 1.62. The van der Waals surface area contributed by atoms with E-state index in [0.717, 1.165) is 9.13 Å². The Bertz CT molecular complexity index is 573. The van der Waals surface area contributed by atoms with Gasteiger partial charge in [-0.2, -0.15) is 0 Å². The van der Waals surface area contributed by atoms with Crippen LogP contribution in [0.5, 0.6) is 5.75 Å². The minimum atomic E-state index is -4.67. The van der Waals surface area contributed by atoms with Crippen molar-refractivity contribution in [1.29, 1.82) is 0 Å². The summed E-state index contributed by atoms with van der Waals surface area (Å²) in [5, 5.41) is 0. The zero-order valence-corrected chi connectivity index (χ0v) is 12.4. The summed E-state index contributed by atoms with van der Waals surface area (Å²) in [5.74, 6) is 0.450. The Kier molecular flexibility index (Phi) is 4.79. The van der Waals surface area contributed by atoms with Gasteiger partial charge in [-0.05, 0) is 46.7 Å². The van der Waals surface area contributed by atoms with Crippen molar-refractivity contribution in [2.24, 2.45) is 0 Å². The third-order valence-corrected chi connectivity index (χ3v) is 3.00. The van der Waals surface area contributed by atoms with Gasteiger partial charge in [-0.3, -0.25) is 0 Å². The molecule has 1 heterocycles. The summed E-state index contributed by atoms with van der Waals surface area (Å²) in [5.41, 5.74) is 0.744. The average molecular weight is 394 g/mol. The predicted molar refractivity (Wildman–Crippen MR) is 75.3 cm³/mol. The summed E-state index contributed by atoms with van der Waals surface area (Å²) in [6, 6.07) is 5.93. The van der Waals surface area contributed by atoms with Gasteiger partial charge in [0.1, 0.15) is 11.6 Å². The topological polar surface area (TPSA) is 35.0 Å². The molecule has 0 aliphatic heterocycles. The van der Waals surface area contributed by atoms with E-state index in [0.29, 0.717) is 18.7 Å². The molecule has 0 atom stereocenters. The van der Waals surface area contributed by atoms with Gasteiger partial charge >= 0.3 is 6.36 Å². The summed E-state index contributed by atoms with van der Waals surface area (Å²) in [6.07, 6.45) is -0.155. The Morgan fingerprint density at radius 1 is 1.10 bits per heavy atom. The minimum absolute atomic E-state index is 0.210. The Morgan fingerprint density at radius 3 is 2.45 bits per heavy atom. The quantitative estimate of drug-likeness (QED) is 0.741. The van der Waals surface area contributed by atoms with Crippen LogP contribution in [0.15, 0.2) is 36.7 Å². The van der Waals surface area contributed by atoms with Crippen molar-refractivity contribution >= 4 is 22.6 Å². The molecule has 0 amide bonds. The summed E-state index contributed by atoms with van der Waals surface area (Å²) >= 11 is 2.11. The maximum absolute atomic E-state index is 12.1. The molecule has 0 radical (unpaired) electrons. The van der Waals surface area contributed by atoms with Crippen molar-refractivity contribution in [2.45, 2.75) is 19.2 Å². The number of aromatic nitrogens is 2. The third-order valence-electron chi connectivity index (χ3n) is 2.44. The number of benzene rings is 1. The van der Waals surface area contributed by atoms with E-state index in [1.54, 1.807) is 18.5 Å². The summed E-state index contributed by atoms with van der Waals surface area (Å²) in [4.78, 5) is 8.29. The SMILES string of the molecule is FC(F)(F)Oc1cccc(CCc2ncc(I)cn2)c1. The van der Waals surface area contributed by atoms with E-state index in [1.807, 2.05) is 0 Å². The molecule has 0 aliphatic carbocycles. The molecule has 0 unspecified atom stereocenters. The Morgan fingerprint density at radius 2 is 1.80 bits per heavy atom. The number of aryl methyl sites for hydroxylation is 2. The van der Waals surface area contributed by atoms with E-state index < -0.39 is 6.36 Å². The van der Waals surface area contributed by atoms with E-state index in [-0.39, 0.29) is 5.75 Å². The van der Waals surface area contributed by atoms with E-state index in [1.165, 1.54) is 18.2 Å². The molecule has 1 aromatic heterocycles. The molecule has 106 valence electrons. The molecule has 2 aromatic rings. The highest BCUT2D eigenvalue weighted by molar-refractivity contribution is 14.1. The van der Waals surface area contributed by atoms with Gasteiger partial charge in [0.25, 0.3) is 0 Å². The van der Waals surface area contributed by atoms with Crippen LogP contribution in [0.2, 0.25) is 0 Å². The zero-order chi connectivity index (χ0) is 14.6. The third kappa shape index (κ3) is 4.95. The van der Waals surface area contributed by atoms with Gasteiger partial charge in [-0.25, -0.2) is 9.97 Å². The lowest BCUT2D eigenvalue weighted by atomic mass is 10.1. The van der Waals surface area contributed by atoms with Crippen LogP contribution in [-0.4, -0.2) is 16.3 Å². The van der Waals surface area contributed by atoms with E-state index >= 15 is 0 Å². The fourth-order valence-corrected chi connectivity index (χ4v) is 1.90. The van der Waals surface area contributed by atoms with Crippen LogP contribution in [0.3, 0.4) is 0 Å². The first-order valence-electron chi connectivity index (χ1n) is 5.73. The lowest BCUT2D eigenvalue weighted by Crippen LogP contribution is -2.17. The van der Waals surface area contributed by atoms with Crippen LogP contribution in [0, 0.1) is 3.57 Å². The summed E-state index contributed by atoms with van der Waals surface area (Å²) in [6.45, 7) is 0. The largest absolute Gasteiger partial charge is 0.573 e. The Hall–Kier alpha value is -1.38. The number of hydrogen-bond donors (Lipinski definition) is 0. The van der Waals surface area contributed by atoms with E-state index in [9.17, 15) is 13.2 Å². The summed E-state index contributed by atoms with van der Waals surface area (Å²) < 4.78 is 41.2. The molecule has 0 aliphatic rings. The lowest BCUT2D eigenvalue weighted by molar-refractivity contribution is -0.274. The van der Waals surface area contributed by atoms with Gasteiger partial charge in [-0.15, -0.1) is 13.2 Å². The van der Waals surface area contributed by atoms with Gasteiger partial charge in [0.05, 0.1) is 0 Å². The normalized spacial score (nSPS) is 11.4. The maximum Gasteiger partial charge on any atom is 0.573 e. The second-order valence-electron chi connectivity index (χ2n) is 4.01. The summed E-state index contributed by atoms with van der Waals surface area (Å²) in [7, 11) is 0. The maximum atomic E-state index is 12.1. The smallest absolute Gasteiger partial charge is 0.406 e. The molecule has 0 saturated carbocycles. The van der Waals surface area contributed by atoms with E-state index in [2.05, 4.69) is 37.3 Å². The number of ether oxygens (including phenoxy) is 1.